The molecule has 1 unspecified atom stereocenters. The summed E-state index contributed by atoms with van der Waals surface area (Å²) in [6.07, 6.45) is 8.54. The zero-order chi connectivity index (χ0) is 17.2. The summed E-state index contributed by atoms with van der Waals surface area (Å²) in [5, 5.41) is 2.58. The first-order chi connectivity index (χ1) is 12.2. The van der Waals surface area contributed by atoms with E-state index in [1.807, 2.05) is 12.1 Å². The fraction of sp³-hybridized carbons (Fsp3) is 0.429. The van der Waals surface area contributed by atoms with Crippen LogP contribution in [-0.2, 0) is 0 Å². The lowest BCUT2D eigenvalue weighted by molar-refractivity contribution is 0.0962. The molecule has 3 fully saturated rings. The predicted octanol–water partition coefficient (Wildman–Crippen LogP) is 4.53. The average Bonchev–Trinajstić information content (AvgIpc) is 2.69. The summed E-state index contributed by atoms with van der Waals surface area (Å²) in [7, 11) is 1.60. The Kier molecular flexibility index (Phi) is 4.43. The second-order valence-corrected chi connectivity index (χ2v) is 7.26. The van der Waals surface area contributed by atoms with E-state index in [4.69, 9.17) is 4.74 Å². The Morgan fingerprint density at radius 2 is 1.84 bits per heavy atom. The van der Waals surface area contributed by atoms with Crippen molar-refractivity contribution in [2.45, 2.75) is 38.0 Å². The van der Waals surface area contributed by atoms with Gasteiger partial charge in [0.05, 0.1) is 5.56 Å². The normalized spacial score (nSPS) is 24.8. The minimum absolute atomic E-state index is 0.148. The van der Waals surface area contributed by atoms with Crippen LogP contribution in [0.1, 0.15) is 53.9 Å². The van der Waals surface area contributed by atoms with E-state index in [0.717, 1.165) is 23.5 Å². The third-order valence-corrected chi connectivity index (χ3v) is 5.80. The van der Waals surface area contributed by atoms with Crippen LogP contribution in [0.2, 0.25) is 0 Å². The Labute approximate surface area is 148 Å². The average molecular weight is 336 g/mol. The number of amides is 1. The minimum Gasteiger partial charge on any atom is -0.439 e. The summed E-state index contributed by atoms with van der Waals surface area (Å²) in [6, 6.07) is 11.9. The smallest absolute Gasteiger partial charge is 0.252 e. The number of ether oxygens (including phenoxy) is 1. The molecule has 1 atom stereocenters. The van der Waals surface area contributed by atoms with Crippen LogP contribution in [0.4, 0.5) is 0 Å². The van der Waals surface area contributed by atoms with Crippen LogP contribution in [0.3, 0.4) is 0 Å². The molecule has 3 saturated carbocycles. The summed E-state index contributed by atoms with van der Waals surface area (Å²) in [4.78, 5) is 15.7. The molecule has 1 amide bonds. The molecular weight excluding hydrogens is 312 g/mol. The Morgan fingerprint density at radius 3 is 2.40 bits per heavy atom. The first-order valence-electron chi connectivity index (χ1n) is 9.19. The molecule has 3 aliphatic rings. The molecule has 0 spiro atoms. The maximum atomic E-state index is 11.5. The van der Waals surface area contributed by atoms with Gasteiger partial charge in [0, 0.05) is 19.3 Å². The number of aromatic nitrogens is 1. The Balaban J connectivity index is 1.43. The molecule has 25 heavy (non-hydrogen) atoms. The highest BCUT2D eigenvalue weighted by Gasteiger charge is 2.36. The van der Waals surface area contributed by atoms with Crippen molar-refractivity contribution in [1.82, 2.24) is 10.3 Å². The standard InChI is InChI=1S/C21H24N2O2/c1-22-21(24)17-8-11-20(23-13-17)25-18-9-6-16(7-10-18)19-12-14-2-4-15(19)5-3-14/h6-11,13-15,19H,2-5,12H2,1H3,(H,22,24). The molecule has 4 heteroatoms. The summed E-state index contributed by atoms with van der Waals surface area (Å²) >= 11 is 0. The van der Waals surface area contributed by atoms with E-state index < -0.39 is 0 Å². The number of hydrogen-bond acceptors (Lipinski definition) is 3. The molecule has 5 rings (SSSR count). The highest BCUT2D eigenvalue weighted by Crippen LogP contribution is 2.49. The van der Waals surface area contributed by atoms with E-state index in [-0.39, 0.29) is 5.91 Å². The summed E-state index contributed by atoms with van der Waals surface area (Å²) in [5.41, 5.74) is 1.97. The number of nitrogens with one attached hydrogen (secondary N) is 1. The van der Waals surface area contributed by atoms with Gasteiger partial charge >= 0.3 is 0 Å². The molecule has 1 aromatic carbocycles. The van der Waals surface area contributed by atoms with Crippen LogP contribution in [0, 0.1) is 11.8 Å². The first kappa shape index (κ1) is 16.1. The van der Waals surface area contributed by atoms with Gasteiger partial charge in [-0.1, -0.05) is 25.0 Å². The van der Waals surface area contributed by atoms with Crippen LogP contribution in [0.5, 0.6) is 11.6 Å². The first-order valence-corrected chi connectivity index (χ1v) is 9.19. The van der Waals surface area contributed by atoms with E-state index in [1.54, 1.807) is 19.2 Å². The van der Waals surface area contributed by atoms with Gasteiger partial charge in [-0.2, -0.15) is 0 Å². The van der Waals surface area contributed by atoms with Crippen LogP contribution in [0.15, 0.2) is 42.6 Å². The molecule has 0 radical (unpaired) electrons. The van der Waals surface area contributed by atoms with Gasteiger partial charge in [-0.15, -0.1) is 0 Å². The summed E-state index contributed by atoms with van der Waals surface area (Å²) in [6.45, 7) is 0. The van der Waals surface area contributed by atoms with E-state index >= 15 is 0 Å². The van der Waals surface area contributed by atoms with E-state index in [1.165, 1.54) is 43.9 Å². The largest absolute Gasteiger partial charge is 0.439 e. The highest BCUT2D eigenvalue weighted by atomic mass is 16.5. The Bertz CT molecular complexity index is 731. The van der Waals surface area contributed by atoms with Crippen LogP contribution >= 0.6 is 0 Å². The lowest BCUT2D eigenvalue weighted by Gasteiger charge is -2.42. The number of nitrogens with zero attached hydrogens (tertiary/aromatic N) is 1. The molecule has 1 N–H and O–H groups in total. The quantitative estimate of drug-likeness (QED) is 0.892. The molecule has 4 nitrogen and oxygen atoms in total. The number of pyridine rings is 1. The van der Waals surface area contributed by atoms with Crippen molar-refractivity contribution in [3.63, 3.8) is 0 Å². The van der Waals surface area contributed by atoms with Crippen molar-refractivity contribution < 1.29 is 9.53 Å². The lowest BCUT2D eigenvalue weighted by Crippen LogP contribution is -2.29. The van der Waals surface area contributed by atoms with Crippen LogP contribution in [-0.4, -0.2) is 17.9 Å². The number of benzene rings is 1. The maximum Gasteiger partial charge on any atom is 0.252 e. The predicted molar refractivity (Wildman–Crippen MR) is 96.9 cm³/mol. The second-order valence-electron chi connectivity index (χ2n) is 7.26. The fourth-order valence-corrected chi connectivity index (χ4v) is 4.41. The van der Waals surface area contributed by atoms with Crippen LogP contribution < -0.4 is 10.1 Å². The fourth-order valence-electron chi connectivity index (χ4n) is 4.41. The van der Waals surface area contributed by atoms with Crippen molar-refractivity contribution in [2.75, 3.05) is 7.05 Å². The van der Waals surface area contributed by atoms with Gasteiger partial charge in [0.2, 0.25) is 5.88 Å². The number of rotatable bonds is 4. The summed E-state index contributed by atoms with van der Waals surface area (Å²) < 4.78 is 5.81. The van der Waals surface area contributed by atoms with Crippen molar-refractivity contribution in [1.29, 1.82) is 0 Å². The van der Waals surface area contributed by atoms with Gasteiger partial charge in [0.15, 0.2) is 0 Å². The molecule has 2 aromatic rings. The zero-order valence-electron chi connectivity index (χ0n) is 14.6. The van der Waals surface area contributed by atoms with Crippen molar-refractivity contribution in [2.24, 2.45) is 11.8 Å². The number of carbonyl (C=O) groups is 1. The SMILES string of the molecule is CNC(=O)c1ccc(Oc2ccc(C3CC4CCC3CC4)cc2)nc1. The van der Waals surface area contributed by atoms with E-state index in [0.29, 0.717) is 11.4 Å². The third kappa shape index (κ3) is 3.39. The molecule has 1 aromatic heterocycles. The summed E-state index contributed by atoms with van der Waals surface area (Å²) in [5.74, 6) is 3.67. The Hall–Kier alpha value is -2.36. The molecule has 1 heterocycles. The van der Waals surface area contributed by atoms with Gasteiger partial charge in [0.1, 0.15) is 5.75 Å². The van der Waals surface area contributed by atoms with Crippen molar-refractivity contribution in [3.8, 4) is 11.6 Å². The second kappa shape index (κ2) is 6.87. The van der Waals surface area contributed by atoms with Crippen molar-refractivity contribution in [3.05, 3.63) is 53.7 Å². The molecule has 0 aliphatic heterocycles. The van der Waals surface area contributed by atoms with Gasteiger partial charge in [-0.25, -0.2) is 4.98 Å². The van der Waals surface area contributed by atoms with E-state index in [2.05, 4.69) is 22.4 Å². The zero-order valence-corrected chi connectivity index (χ0v) is 14.6. The monoisotopic (exact) mass is 336 g/mol. The number of hydrogen-bond donors (Lipinski definition) is 1. The highest BCUT2D eigenvalue weighted by molar-refractivity contribution is 5.93. The molecule has 3 aliphatic carbocycles. The molecule has 0 saturated heterocycles. The van der Waals surface area contributed by atoms with Crippen molar-refractivity contribution >= 4 is 5.91 Å². The van der Waals surface area contributed by atoms with E-state index in [9.17, 15) is 4.79 Å². The third-order valence-electron chi connectivity index (χ3n) is 5.80. The van der Waals surface area contributed by atoms with Gasteiger partial charge in [-0.05, 0) is 60.8 Å². The maximum absolute atomic E-state index is 11.5. The number of fused-ring (bicyclic) bond motifs is 3. The van der Waals surface area contributed by atoms with Gasteiger partial charge < -0.3 is 10.1 Å². The Morgan fingerprint density at radius 1 is 1.08 bits per heavy atom. The molecule has 130 valence electrons. The number of carbonyl (C=O) groups excluding carboxylic acids is 1. The molecule has 2 bridgehead atoms. The molecular formula is C21H24N2O2. The minimum atomic E-state index is -0.148. The van der Waals surface area contributed by atoms with Gasteiger partial charge in [0.25, 0.3) is 5.91 Å². The van der Waals surface area contributed by atoms with Gasteiger partial charge in [-0.3, -0.25) is 4.79 Å². The lowest BCUT2D eigenvalue weighted by atomic mass is 9.63. The van der Waals surface area contributed by atoms with Crippen LogP contribution in [0.25, 0.3) is 0 Å². The topological polar surface area (TPSA) is 51.2 Å².